The number of ketones is 1. The fourth-order valence-corrected chi connectivity index (χ4v) is 3.53. The number of nitrogens with zero attached hydrogens (tertiary/aromatic N) is 2. The zero-order valence-electron chi connectivity index (χ0n) is 14.5. The van der Waals surface area contributed by atoms with Crippen LogP contribution in [0.1, 0.15) is 32.9 Å². The van der Waals surface area contributed by atoms with Crippen molar-refractivity contribution in [2.45, 2.75) is 20.3 Å². The molecule has 5 heteroatoms. The van der Waals surface area contributed by atoms with Gasteiger partial charge in [0.05, 0.1) is 11.4 Å². The molecule has 4 rings (SSSR count). The van der Waals surface area contributed by atoms with Crippen LogP contribution in [0.3, 0.4) is 0 Å². The zero-order chi connectivity index (χ0) is 18.4. The van der Waals surface area contributed by atoms with Gasteiger partial charge in [-0.15, -0.1) is 0 Å². The van der Waals surface area contributed by atoms with E-state index in [-0.39, 0.29) is 11.5 Å². The molecule has 4 nitrogen and oxygen atoms in total. The summed E-state index contributed by atoms with van der Waals surface area (Å²) in [4.78, 5) is 12.7. The molecule has 0 atom stereocenters. The number of phenols is 1. The number of allylic oxidation sites excluding steroid dienone is 1. The summed E-state index contributed by atoms with van der Waals surface area (Å²) in [5.41, 5.74) is 5.58. The quantitative estimate of drug-likeness (QED) is 0.672. The molecule has 1 aliphatic rings. The van der Waals surface area contributed by atoms with Crippen LogP contribution in [0.15, 0.2) is 48.0 Å². The first-order valence-electron chi connectivity index (χ1n) is 8.34. The maximum Gasteiger partial charge on any atom is 0.189 e. The minimum atomic E-state index is -0.0334. The van der Waals surface area contributed by atoms with E-state index in [9.17, 15) is 9.90 Å². The van der Waals surface area contributed by atoms with E-state index in [1.807, 2.05) is 48.9 Å². The van der Waals surface area contributed by atoms with Gasteiger partial charge in [0.2, 0.25) is 0 Å². The average molecular weight is 365 g/mol. The van der Waals surface area contributed by atoms with Gasteiger partial charge in [0, 0.05) is 39.4 Å². The molecule has 130 valence electrons. The second kappa shape index (κ2) is 6.15. The van der Waals surface area contributed by atoms with Gasteiger partial charge in [0.25, 0.3) is 0 Å². The minimum Gasteiger partial charge on any atom is -0.508 e. The molecule has 0 radical (unpaired) electrons. The second-order valence-corrected chi connectivity index (χ2v) is 6.89. The Morgan fingerprint density at radius 2 is 1.88 bits per heavy atom. The molecule has 0 saturated heterocycles. The summed E-state index contributed by atoms with van der Waals surface area (Å²) in [6.45, 7) is 3.90. The number of fused-ring (bicyclic) bond motifs is 1. The standard InChI is InChI=1S/C21H17ClN2O2/c1-12-18(13(2)24(23-12)16-8-6-15(22)7-9-16)10-14-11-19-17(21(14)26)4-3-5-20(19)25/h3-10,25H,11H2,1-2H3. The van der Waals surface area contributed by atoms with E-state index < -0.39 is 0 Å². The Morgan fingerprint density at radius 1 is 1.15 bits per heavy atom. The number of carbonyl (C=O) groups excluding carboxylic acids is 1. The molecule has 0 amide bonds. The van der Waals surface area contributed by atoms with Gasteiger partial charge in [-0.05, 0) is 50.3 Å². The fourth-order valence-electron chi connectivity index (χ4n) is 3.41. The second-order valence-electron chi connectivity index (χ2n) is 6.45. The number of aromatic hydroxyl groups is 1. The van der Waals surface area contributed by atoms with Crippen LogP contribution in [0.25, 0.3) is 11.8 Å². The van der Waals surface area contributed by atoms with Crippen LogP contribution >= 0.6 is 11.6 Å². The molecule has 0 unspecified atom stereocenters. The van der Waals surface area contributed by atoms with Crippen molar-refractivity contribution in [3.8, 4) is 11.4 Å². The lowest BCUT2D eigenvalue weighted by atomic mass is 10.1. The van der Waals surface area contributed by atoms with Gasteiger partial charge in [0.1, 0.15) is 5.75 Å². The van der Waals surface area contributed by atoms with Gasteiger partial charge < -0.3 is 5.11 Å². The van der Waals surface area contributed by atoms with Crippen LogP contribution in [0.2, 0.25) is 5.02 Å². The van der Waals surface area contributed by atoms with Crippen molar-refractivity contribution >= 4 is 23.5 Å². The van der Waals surface area contributed by atoms with Gasteiger partial charge in [-0.25, -0.2) is 4.68 Å². The van der Waals surface area contributed by atoms with Crippen molar-refractivity contribution in [2.75, 3.05) is 0 Å². The summed E-state index contributed by atoms with van der Waals surface area (Å²) >= 11 is 5.96. The smallest absolute Gasteiger partial charge is 0.189 e. The number of hydrogen-bond donors (Lipinski definition) is 1. The van der Waals surface area contributed by atoms with Crippen molar-refractivity contribution in [3.63, 3.8) is 0 Å². The molecular weight excluding hydrogens is 348 g/mol. The summed E-state index contributed by atoms with van der Waals surface area (Å²) in [7, 11) is 0. The Bertz CT molecular complexity index is 1060. The van der Waals surface area contributed by atoms with Crippen LogP contribution in [-0.2, 0) is 6.42 Å². The number of aryl methyl sites for hydroxylation is 1. The van der Waals surface area contributed by atoms with Crippen molar-refractivity contribution in [1.29, 1.82) is 0 Å². The third kappa shape index (κ3) is 2.63. The highest BCUT2D eigenvalue weighted by molar-refractivity contribution is 6.30. The highest BCUT2D eigenvalue weighted by Crippen LogP contribution is 2.34. The molecule has 0 saturated carbocycles. The van der Waals surface area contributed by atoms with E-state index in [0.717, 1.165) is 22.6 Å². The Kier molecular flexibility index (Phi) is 3.93. The summed E-state index contributed by atoms with van der Waals surface area (Å²) in [5, 5.41) is 15.3. The number of benzene rings is 2. The average Bonchev–Trinajstić information content (AvgIpc) is 3.09. The van der Waals surface area contributed by atoms with Gasteiger partial charge >= 0.3 is 0 Å². The Balaban J connectivity index is 1.76. The zero-order valence-corrected chi connectivity index (χ0v) is 15.2. The number of halogens is 1. The van der Waals surface area contributed by atoms with Crippen LogP contribution in [0.5, 0.6) is 5.75 Å². The number of Topliss-reactive ketones (excluding diaryl/α,β-unsaturated/α-hetero) is 1. The number of rotatable bonds is 2. The molecule has 0 fully saturated rings. The normalized spacial score (nSPS) is 14.9. The lowest BCUT2D eigenvalue weighted by Gasteiger charge is -2.04. The lowest BCUT2D eigenvalue weighted by molar-refractivity contribution is 0.104. The highest BCUT2D eigenvalue weighted by Gasteiger charge is 2.27. The molecule has 1 N–H and O–H groups in total. The lowest BCUT2D eigenvalue weighted by Crippen LogP contribution is -1.99. The third-order valence-corrected chi connectivity index (χ3v) is 5.04. The maximum absolute atomic E-state index is 12.7. The maximum atomic E-state index is 12.7. The van der Waals surface area contributed by atoms with Crippen LogP contribution in [0.4, 0.5) is 0 Å². The first-order valence-corrected chi connectivity index (χ1v) is 8.72. The van der Waals surface area contributed by atoms with E-state index in [0.29, 0.717) is 28.1 Å². The molecule has 2 aromatic carbocycles. The molecule has 0 aliphatic heterocycles. The number of hydrogen-bond acceptors (Lipinski definition) is 3. The summed E-state index contributed by atoms with van der Waals surface area (Å²) in [6, 6.07) is 12.5. The Labute approximate surface area is 156 Å². The fraction of sp³-hybridized carbons (Fsp3) is 0.143. The number of phenolic OH excluding ortho intramolecular Hbond substituents is 1. The molecule has 26 heavy (non-hydrogen) atoms. The van der Waals surface area contributed by atoms with Crippen molar-refractivity contribution in [3.05, 3.63) is 81.1 Å². The van der Waals surface area contributed by atoms with E-state index >= 15 is 0 Å². The molecule has 3 aromatic rings. The highest BCUT2D eigenvalue weighted by atomic mass is 35.5. The SMILES string of the molecule is Cc1nn(-c2ccc(Cl)cc2)c(C)c1C=C1Cc2c(O)cccc2C1=O. The minimum absolute atomic E-state index is 0.0334. The number of aromatic nitrogens is 2. The van der Waals surface area contributed by atoms with Gasteiger partial charge in [-0.3, -0.25) is 4.79 Å². The summed E-state index contributed by atoms with van der Waals surface area (Å²) < 4.78 is 1.85. The molecule has 0 spiro atoms. The number of carbonyl (C=O) groups is 1. The predicted octanol–water partition coefficient (Wildman–Crippen LogP) is 4.67. The van der Waals surface area contributed by atoms with Gasteiger partial charge in [-0.1, -0.05) is 23.7 Å². The molecule has 1 aromatic heterocycles. The first-order chi connectivity index (χ1) is 12.5. The van der Waals surface area contributed by atoms with Gasteiger partial charge in [0.15, 0.2) is 5.78 Å². The summed E-state index contributed by atoms with van der Waals surface area (Å²) in [5.74, 6) is 0.137. The Morgan fingerprint density at radius 3 is 2.58 bits per heavy atom. The van der Waals surface area contributed by atoms with E-state index in [1.54, 1.807) is 18.2 Å². The van der Waals surface area contributed by atoms with Crippen molar-refractivity contribution in [2.24, 2.45) is 0 Å². The van der Waals surface area contributed by atoms with Crippen LogP contribution in [-0.4, -0.2) is 20.7 Å². The monoisotopic (exact) mass is 364 g/mol. The topological polar surface area (TPSA) is 55.1 Å². The van der Waals surface area contributed by atoms with E-state index in [1.165, 1.54) is 0 Å². The van der Waals surface area contributed by atoms with E-state index in [4.69, 9.17) is 11.6 Å². The molecule has 1 aliphatic carbocycles. The van der Waals surface area contributed by atoms with Crippen LogP contribution < -0.4 is 0 Å². The van der Waals surface area contributed by atoms with E-state index in [2.05, 4.69) is 5.10 Å². The molecule has 0 bridgehead atoms. The van der Waals surface area contributed by atoms with Crippen molar-refractivity contribution in [1.82, 2.24) is 9.78 Å². The first kappa shape index (κ1) is 16.6. The Hall–Kier alpha value is -2.85. The van der Waals surface area contributed by atoms with Crippen LogP contribution in [0, 0.1) is 13.8 Å². The predicted molar refractivity (Wildman–Crippen MR) is 102 cm³/mol. The third-order valence-electron chi connectivity index (χ3n) is 4.79. The van der Waals surface area contributed by atoms with Gasteiger partial charge in [-0.2, -0.15) is 5.10 Å². The molecule has 1 heterocycles. The largest absolute Gasteiger partial charge is 0.508 e. The van der Waals surface area contributed by atoms with Crippen molar-refractivity contribution < 1.29 is 9.90 Å². The molecular formula is C21H17ClN2O2. The summed E-state index contributed by atoms with van der Waals surface area (Å²) in [6.07, 6.45) is 2.33.